The topological polar surface area (TPSA) is 67.4 Å². The molecule has 0 unspecified atom stereocenters. The van der Waals surface area contributed by atoms with Gasteiger partial charge in [0.1, 0.15) is 12.4 Å². The van der Waals surface area contributed by atoms with Crippen LogP contribution in [0.5, 0.6) is 5.75 Å². The Hall–Kier alpha value is -3.08. The van der Waals surface area contributed by atoms with Gasteiger partial charge < -0.3 is 15.4 Å². The van der Waals surface area contributed by atoms with Gasteiger partial charge in [-0.05, 0) is 29.3 Å². The van der Waals surface area contributed by atoms with Gasteiger partial charge in [-0.2, -0.15) is 0 Å². The predicted molar refractivity (Wildman–Crippen MR) is 107 cm³/mol. The number of amides is 2. The first kappa shape index (κ1) is 20.2. The van der Waals surface area contributed by atoms with Gasteiger partial charge in [0.15, 0.2) is 0 Å². The van der Waals surface area contributed by atoms with E-state index < -0.39 is 0 Å². The van der Waals surface area contributed by atoms with E-state index in [0.717, 1.165) is 16.9 Å². The zero-order chi connectivity index (χ0) is 19.5. The van der Waals surface area contributed by atoms with Crippen LogP contribution in [0.15, 0.2) is 60.7 Å². The van der Waals surface area contributed by atoms with Gasteiger partial charge in [-0.25, -0.2) is 0 Å². The molecule has 2 N–H and O–H groups in total. The lowest BCUT2D eigenvalue weighted by Gasteiger charge is -2.08. The second-order valence-corrected chi connectivity index (χ2v) is 6.42. The van der Waals surface area contributed by atoms with Gasteiger partial charge in [0.05, 0.1) is 0 Å². The molecule has 0 aliphatic heterocycles. The Morgan fingerprint density at radius 2 is 1.74 bits per heavy atom. The third-order valence-electron chi connectivity index (χ3n) is 3.78. The van der Waals surface area contributed by atoms with Crippen LogP contribution in [0.3, 0.4) is 0 Å². The maximum absolute atomic E-state index is 11.8. The summed E-state index contributed by atoms with van der Waals surface area (Å²) in [5.41, 5.74) is 1.98. The van der Waals surface area contributed by atoms with E-state index in [4.69, 9.17) is 4.74 Å². The third-order valence-corrected chi connectivity index (χ3v) is 3.78. The molecular weight excluding hydrogens is 340 g/mol. The standard InChI is InChI=1S/C22H26N2O3/c1-17(2)22(26)24-14-13-23-21(25)12-11-18-9-6-10-20(15-18)27-16-19-7-4-3-5-8-19/h3-12,15,17H,13-14,16H2,1-2H3,(H,23,25)(H,24,26)/b12-11+. The summed E-state index contributed by atoms with van der Waals surface area (Å²) < 4.78 is 5.79. The lowest BCUT2D eigenvalue weighted by atomic mass is 10.2. The Labute approximate surface area is 160 Å². The first-order valence-corrected chi connectivity index (χ1v) is 9.05. The number of nitrogens with one attached hydrogen (secondary N) is 2. The third kappa shape index (κ3) is 7.77. The molecule has 5 heteroatoms. The van der Waals surface area contributed by atoms with Crippen LogP contribution in [0.4, 0.5) is 0 Å². The second kappa shape index (κ2) is 10.8. The lowest BCUT2D eigenvalue weighted by molar-refractivity contribution is -0.124. The van der Waals surface area contributed by atoms with E-state index in [1.54, 1.807) is 6.08 Å². The molecule has 2 aromatic rings. The van der Waals surface area contributed by atoms with Crippen LogP contribution < -0.4 is 15.4 Å². The van der Waals surface area contributed by atoms with Crippen LogP contribution in [-0.2, 0) is 16.2 Å². The normalized spacial score (nSPS) is 10.8. The van der Waals surface area contributed by atoms with E-state index in [-0.39, 0.29) is 17.7 Å². The number of rotatable bonds is 9. The van der Waals surface area contributed by atoms with E-state index in [9.17, 15) is 9.59 Å². The molecule has 0 atom stereocenters. The maximum Gasteiger partial charge on any atom is 0.244 e. The Morgan fingerprint density at radius 3 is 2.48 bits per heavy atom. The highest BCUT2D eigenvalue weighted by Gasteiger charge is 2.05. The second-order valence-electron chi connectivity index (χ2n) is 6.42. The quantitative estimate of drug-likeness (QED) is 0.529. The highest BCUT2D eigenvalue weighted by atomic mass is 16.5. The number of carbonyl (C=O) groups excluding carboxylic acids is 2. The number of carbonyl (C=O) groups is 2. The molecule has 2 aromatic carbocycles. The van der Waals surface area contributed by atoms with Gasteiger partial charge in [0, 0.05) is 25.1 Å². The Balaban J connectivity index is 1.77. The zero-order valence-electron chi connectivity index (χ0n) is 15.8. The van der Waals surface area contributed by atoms with Crippen molar-refractivity contribution in [2.45, 2.75) is 20.5 Å². The largest absolute Gasteiger partial charge is 0.489 e. The predicted octanol–water partition coefficient (Wildman–Crippen LogP) is 3.17. The summed E-state index contributed by atoms with van der Waals surface area (Å²) in [6.07, 6.45) is 3.21. The van der Waals surface area contributed by atoms with Gasteiger partial charge >= 0.3 is 0 Å². The molecule has 0 aliphatic rings. The fourth-order valence-corrected chi connectivity index (χ4v) is 2.26. The van der Waals surface area contributed by atoms with E-state index >= 15 is 0 Å². The fourth-order valence-electron chi connectivity index (χ4n) is 2.26. The van der Waals surface area contributed by atoms with Gasteiger partial charge in [-0.15, -0.1) is 0 Å². The highest BCUT2D eigenvalue weighted by Crippen LogP contribution is 2.16. The lowest BCUT2D eigenvalue weighted by Crippen LogP contribution is -2.35. The molecule has 0 radical (unpaired) electrons. The molecule has 0 heterocycles. The molecule has 142 valence electrons. The average molecular weight is 366 g/mol. The summed E-state index contributed by atoms with van der Waals surface area (Å²) in [4.78, 5) is 23.3. The van der Waals surface area contributed by atoms with Crippen LogP contribution in [0, 0.1) is 5.92 Å². The molecule has 0 spiro atoms. The van der Waals surface area contributed by atoms with Crippen LogP contribution in [0.2, 0.25) is 0 Å². The van der Waals surface area contributed by atoms with Crippen molar-refractivity contribution in [2.75, 3.05) is 13.1 Å². The first-order chi connectivity index (χ1) is 13.0. The minimum atomic E-state index is -0.204. The van der Waals surface area contributed by atoms with Crippen molar-refractivity contribution in [1.82, 2.24) is 10.6 Å². The molecule has 0 aromatic heterocycles. The van der Waals surface area contributed by atoms with Crippen molar-refractivity contribution in [2.24, 2.45) is 5.92 Å². The molecule has 27 heavy (non-hydrogen) atoms. The Morgan fingerprint density at radius 1 is 1.00 bits per heavy atom. The van der Waals surface area contributed by atoms with Gasteiger partial charge in [-0.1, -0.05) is 56.3 Å². The number of hydrogen-bond donors (Lipinski definition) is 2. The molecule has 0 saturated carbocycles. The molecule has 5 nitrogen and oxygen atoms in total. The van der Waals surface area contributed by atoms with E-state index in [2.05, 4.69) is 10.6 Å². The SMILES string of the molecule is CC(C)C(=O)NCCNC(=O)/C=C/c1cccc(OCc2ccccc2)c1. The molecule has 0 aliphatic carbocycles. The summed E-state index contributed by atoms with van der Waals surface area (Å²) in [6.45, 7) is 4.96. The Kier molecular flexibility index (Phi) is 8.10. The van der Waals surface area contributed by atoms with E-state index in [0.29, 0.717) is 19.7 Å². The summed E-state index contributed by atoms with van der Waals surface area (Å²) in [6, 6.07) is 17.5. The highest BCUT2D eigenvalue weighted by molar-refractivity contribution is 5.91. The minimum Gasteiger partial charge on any atom is -0.489 e. The molecule has 0 fully saturated rings. The first-order valence-electron chi connectivity index (χ1n) is 9.05. The van der Waals surface area contributed by atoms with Crippen molar-refractivity contribution in [1.29, 1.82) is 0 Å². The maximum atomic E-state index is 11.8. The van der Waals surface area contributed by atoms with Crippen molar-refractivity contribution in [3.8, 4) is 5.75 Å². The Bertz CT molecular complexity index is 770. The van der Waals surface area contributed by atoms with Gasteiger partial charge in [-0.3, -0.25) is 9.59 Å². The minimum absolute atomic E-state index is 0.0212. The molecule has 2 rings (SSSR count). The summed E-state index contributed by atoms with van der Waals surface area (Å²) in [7, 11) is 0. The van der Waals surface area contributed by atoms with Crippen molar-refractivity contribution < 1.29 is 14.3 Å². The van der Waals surface area contributed by atoms with Gasteiger partial charge in [0.2, 0.25) is 11.8 Å². The van der Waals surface area contributed by atoms with E-state index in [1.165, 1.54) is 6.08 Å². The number of ether oxygens (including phenoxy) is 1. The van der Waals surface area contributed by atoms with Crippen molar-refractivity contribution >= 4 is 17.9 Å². The van der Waals surface area contributed by atoms with Crippen LogP contribution >= 0.6 is 0 Å². The molecular formula is C22H26N2O3. The zero-order valence-corrected chi connectivity index (χ0v) is 15.8. The number of hydrogen-bond acceptors (Lipinski definition) is 3. The molecule has 2 amide bonds. The number of benzene rings is 2. The summed E-state index contributed by atoms with van der Waals surface area (Å²) in [5, 5.41) is 5.49. The van der Waals surface area contributed by atoms with Crippen molar-refractivity contribution in [3.63, 3.8) is 0 Å². The van der Waals surface area contributed by atoms with Crippen LogP contribution in [0.25, 0.3) is 6.08 Å². The average Bonchev–Trinajstić information content (AvgIpc) is 2.69. The van der Waals surface area contributed by atoms with Gasteiger partial charge in [0.25, 0.3) is 0 Å². The summed E-state index contributed by atoms with van der Waals surface area (Å²) in [5.74, 6) is 0.464. The smallest absolute Gasteiger partial charge is 0.244 e. The molecule has 0 bridgehead atoms. The monoisotopic (exact) mass is 366 g/mol. The molecule has 0 saturated heterocycles. The fraction of sp³-hybridized carbons (Fsp3) is 0.273. The van der Waals surface area contributed by atoms with Crippen LogP contribution in [-0.4, -0.2) is 24.9 Å². The summed E-state index contributed by atoms with van der Waals surface area (Å²) >= 11 is 0. The van der Waals surface area contributed by atoms with Crippen LogP contribution in [0.1, 0.15) is 25.0 Å². The van der Waals surface area contributed by atoms with Crippen molar-refractivity contribution in [3.05, 3.63) is 71.8 Å². The van der Waals surface area contributed by atoms with E-state index in [1.807, 2.05) is 68.4 Å².